The van der Waals surface area contributed by atoms with E-state index < -0.39 is 12.1 Å². The molecule has 0 saturated heterocycles. The summed E-state index contributed by atoms with van der Waals surface area (Å²) < 4.78 is 9.53. The number of ether oxygens (including phenoxy) is 2. The topological polar surface area (TPSA) is 64.6 Å². The number of hydrogen-bond acceptors (Lipinski definition) is 4. The molecule has 0 aromatic heterocycles. The van der Waals surface area contributed by atoms with Crippen LogP contribution in [-0.4, -0.2) is 31.6 Å². The van der Waals surface area contributed by atoms with E-state index in [2.05, 4.69) is 10.1 Å². The van der Waals surface area contributed by atoms with Crippen LogP contribution in [0.5, 0.6) is 0 Å². The summed E-state index contributed by atoms with van der Waals surface area (Å²) in [6, 6.07) is 0. The Hall–Kier alpha value is -1.78. The van der Waals surface area contributed by atoms with Gasteiger partial charge in [0.2, 0.25) is 0 Å². The Morgan fingerprint density at radius 3 is 3.06 bits per heavy atom. The van der Waals surface area contributed by atoms with Gasteiger partial charge >= 0.3 is 5.97 Å². The molecule has 0 aliphatic carbocycles. The molecule has 88 valence electrons. The molecule has 1 amide bonds. The summed E-state index contributed by atoms with van der Waals surface area (Å²) in [6.45, 7) is 0.289. The predicted molar refractivity (Wildman–Crippen MR) is 57.4 cm³/mol. The lowest BCUT2D eigenvalue weighted by Crippen LogP contribution is -2.36. The first-order valence-corrected chi connectivity index (χ1v) is 5.06. The number of allylic oxidation sites excluding steroid dienone is 1. The second kappa shape index (κ2) is 6.66. The Balaban J connectivity index is 2.22. The first kappa shape index (κ1) is 12.3. The highest BCUT2D eigenvalue weighted by Gasteiger charge is 2.18. The van der Waals surface area contributed by atoms with Gasteiger partial charge in [0.1, 0.15) is 0 Å². The van der Waals surface area contributed by atoms with Crippen LogP contribution in [0, 0.1) is 0 Å². The maximum Gasteiger partial charge on any atom is 0.330 e. The molecule has 0 saturated carbocycles. The fourth-order valence-corrected chi connectivity index (χ4v) is 1.22. The van der Waals surface area contributed by atoms with E-state index in [1.165, 1.54) is 25.5 Å². The van der Waals surface area contributed by atoms with Crippen molar-refractivity contribution in [1.82, 2.24) is 5.32 Å². The number of nitrogens with one attached hydrogen (secondary N) is 1. The molecule has 5 heteroatoms. The molecule has 5 nitrogen and oxygen atoms in total. The molecular formula is C11H15NO4. The molecule has 1 aliphatic heterocycles. The summed E-state index contributed by atoms with van der Waals surface area (Å²) in [4.78, 5) is 22.2. The van der Waals surface area contributed by atoms with Crippen LogP contribution in [0.1, 0.15) is 12.8 Å². The molecule has 0 aromatic rings. The van der Waals surface area contributed by atoms with Crippen molar-refractivity contribution in [1.29, 1.82) is 0 Å². The number of carbonyl (C=O) groups excluding carboxylic acids is 2. The zero-order valence-corrected chi connectivity index (χ0v) is 9.14. The third-order valence-corrected chi connectivity index (χ3v) is 2.08. The third-order valence-electron chi connectivity index (χ3n) is 2.08. The van der Waals surface area contributed by atoms with Crippen LogP contribution in [0.4, 0.5) is 0 Å². The Labute approximate surface area is 94.1 Å². The van der Waals surface area contributed by atoms with E-state index in [1.807, 2.05) is 6.08 Å². The standard InChI is InChI=1S/C11H15NO4/c1-15-10(13)6-4-7-12-11(14)9-5-2-3-8-16-9/h3-4,6,8-9H,2,5,7H2,1H3,(H,12,14)/b6-4+. The minimum absolute atomic E-state index is 0.168. The highest BCUT2D eigenvalue weighted by molar-refractivity contribution is 5.83. The number of methoxy groups -OCH3 is 1. The summed E-state index contributed by atoms with van der Waals surface area (Å²) in [7, 11) is 1.30. The van der Waals surface area contributed by atoms with Gasteiger partial charge in [-0.1, -0.05) is 6.08 Å². The average Bonchev–Trinajstić information content (AvgIpc) is 2.35. The number of carbonyl (C=O) groups is 2. The average molecular weight is 225 g/mol. The molecule has 1 aliphatic rings. The van der Waals surface area contributed by atoms with Gasteiger partial charge in [0, 0.05) is 12.6 Å². The van der Waals surface area contributed by atoms with E-state index in [1.54, 1.807) is 0 Å². The van der Waals surface area contributed by atoms with Gasteiger partial charge in [-0.15, -0.1) is 0 Å². The van der Waals surface area contributed by atoms with Gasteiger partial charge in [-0.25, -0.2) is 4.79 Å². The van der Waals surface area contributed by atoms with Crippen molar-refractivity contribution >= 4 is 11.9 Å². The zero-order valence-electron chi connectivity index (χ0n) is 9.14. The molecule has 0 radical (unpaired) electrons. The highest BCUT2D eigenvalue weighted by Crippen LogP contribution is 2.09. The van der Waals surface area contributed by atoms with Crippen molar-refractivity contribution in [3.63, 3.8) is 0 Å². The first-order valence-electron chi connectivity index (χ1n) is 5.06. The molecule has 16 heavy (non-hydrogen) atoms. The van der Waals surface area contributed by atoms with Gasteiger partial charge in [0.05, 0.1) is 13.4 Å². The van der Waals surface area contributed by atoms with E-state index >= 15 is 0 Å². The van der Waals surface area contributed by atoms with E-state index in [4.69, 9.17) is 4.74 Å². The molecule has 1 unspecified atom stereocenters. The fourth-order valence-electron chi connectivity index (χ4n) is 1.22. The quantitative estimate of drug-likeness (QED) is 0.559. The van der Waals surface area contributed by atoms with Crippen molar-refractivity contribution < 1.29 is 19.1 Å². The van der Waals surface area contributed by atoms with Gasteiger partial charge in [-0.2, -0.15) is 0 Å². The third kappa shape index (κ3) is 4.16. The lowest BCUT2D eigenvalue weighted by molar-refractivity contribution is -0.135. The van der Waals surface area contributed by atoms with Crippen LogP contribution in [0.3, 0.4) is 0 Å². The zero-order chi connectivity index (χ0) is 11.8. The molecule has 1 atom stereocenters. The van der Waals surface area contributed by atoms with E-state index in [0.29, 0.717) is 6.42 Å². The molecule has 0 bridgehead atoms. The largest absolute Gasteiger partial charge is 0.489 e. The maximum atomic E-state index is 11.5. The van der Waals surface area contributed by atoms with Crippen LogP contribution in [-0.2, 0) is 19.1 Å². The SMILES string of the molecule is COC(=O)/C=C/CNC(=O)C1CCC=CO1. The first-order chi connectivity index (χ1) is 7.74. The normalized spacial score (nSPS) is 19.2. The molecule has 1 rings (SSSR count). The summed E-state index contributed by atoms with van der Waals surface area (Å²) in [5, 5.41) is 2.64. The van der Waals surface area contributed by atoms with Crippen LogP contribution in [0.15, 0.2) is 24.5 Å². The molecule has 1 heterocycles. The smallest absolute Gasteiger partial charge is 0.330 e. The van der Waals surface area contributed by atoms with Gasteiger partial charge in [0.25, 0.3) is 5.91 Å². The highest BCUT2D eigenvalue weighted by atomic mass is 16.5. The summed E-state index contributed by atoms with van der Waals surface area (Å²) in [6.07, 6.45) is 7.32. The molecule has 0 spiro atoms. The van der Waals surface area contributed by atoms with Crippen molar-refractivity contribution in [3.8, 4) is 0 Å². The van der Waals surface area contributed by atoms with Crippen molar-refractivity contribution in [2.24, 2.45) is 0 Å². The Morgan fingerprint density at radius 2 is 2.44 bits per heavy atom. The minimum Gasteiger partial charge on any atom is -0.489 e. The summed E-state index contributed by atoms with van der Waals surface area (Å²) >= 11 is 0. The van der Waals surface area contributed by atoms with E-state index in [9.17, 15) is 9.59 Å². The van der Waals surface area contributed by atoms with Gasteiger partial charge in [-0.05, 0) is 18.9 Å². The van der Waals surface area contributed by atoms with Crippen LogP contribution < -0.4 is 5.32 Å². The van der Waals surface area contributed by atoms with Crippen molar-refractivity contribution in [2.45, 2.75) is 18.9 Å². The number of amides is 1. The second-order valence-corrected chi connectivity index (χ2v) is 3.24. The molecule has 0 fully saturated rings. The van der Waals surface area contributed by atoms with Crippen LogP contribution in [0.2, 0.25) is 0 Å². The Kier molecular flexibility index (Phi) is 5.11. The second-order valence-electron chi connectivity index (χ2n) is 3.24. The van der Waals surface area contributed by atoms with Crippen molar-refractivity contribution in [2.75, 3.05) is 13.7 Å². The monoisotopic (exact) mass is 225 g/mol. The van der Waals surface area contributed by atoms with E-state index in [-0.39, 0.29) is 12.5 Å². The summed E-state index contributed by atoms with van der Waals surface area (Å²) in [5.41, 5.74) is 0. The predicted octanol–water partition coefficient (Wildman–Crippen LogP) is 0.524. The van der Waals surface area contributed by atoms with E-state index in [0.717, 1.165) is 6.42 Å². The minimum atomic E-state index is -0.439. The number of hydrogen-bond donors (Lipinski definition) is 1. The lowest BCUT2D eigenvalue weighted by atomic mass is 10.1. The Bertz CT molecular complexity index is 309. The maximum absolute atomic E-state index is 11.5. The van der Waals surface area contributed by atoms with Crippen LogP contribution >= 0.6 is 0 Å². The number of rotatable bonds is 4. The Morgan fingerprint density at radius 1 is 1.62 bits per heavy atom. The number of esters is 1. The molecular weight excluding hydrogens is 210 g/mol. The molecule has 1 N–H and O–H groups in total. The van der Waals surface area contributed by atoms with Gasteiger partial charge in [-0.3, -0.25) is 4.79 Å². The van der Waals surface area contributed by atoms with Crippen LogP contribution in [0.25, 0.3) is 0 Å². The lowest BCUT2D eigenvalue weighted by Gasteiger charge is -2.17. The van der Waals surface area contributed by atoms with Crippen molar-refractivity contribution in [3.05, 3.63) is 24.5 Å². The summed E-state index contributed by atoms with van der Waals surface area (Å²) in [5.74, 6) is -0.607. The van der Waals surface area contributed by atoms with Gasteiger partial charge < -0.3 is 14.8 Å². The fraction of sp³-hybridized carbons (Fsp3) is 0.455. The molecule has 0 aromatic carbocycles. The van der Waals surface area contributed by atoms with Gasteiger partial charge in [0.15, 0.2) is 6.10 Å².